The highest BCUT2D eigenvalue weighted by Crippen LogP contribution is 2.42. The van der Waals surface area contributed by atoms with Gasteiger partial charge in [-0.05, 0) is 81.2 Å². The molecule has 0 aliphatic heterocycles. The van der Waals surface area contributed by atoms with Crippen LogP contribution in [0.4, 0.5) is 0 Å². The van der Waals surface area contributed by atoms with E-state index in [0.29, 0.717) is 5.39 Å². The molecule has 0 fully saturated rings. The van der Waals surface area contributed by atoms with Crippen LogP contribution in [0.1, 0.15) is 6.92 Å². The average Bonchev–Trinajstić information content (AvgIpc) is 2.71. The van der Waals surface area contributed by atoms with Gasteiger partial charge in [0.25, 0.3) is 20.2 Å². The number of hydrogen-bond acceptors (Lipinski definition) is 8. The third-order valence-electron chi connectivity index (χ3n) is 5.07. The maximum atomic E-state index is 11.9. The maximum Gasteiger partial charge on any atom is 0.308 e. The van der Waals surface area contributed by atoms with E-state index in [-0.39, 0.29) is 33.0 Å². The molecule has 176 valence electrons. The number of carbonyl (C=O) groups excluding carboxylic acids is 1. The quantitative estimate of drug-likeness (QED) is 0.139. The first kappa shape index (κ1) is 23.4. The van der Waals surface area contributed by atoms with Crippen molar-refractivity contribution in [3.8, 4) is 28.4 Å². The van der Waals surface area contributed by atoms with E-state index in [1.807, 2.05) is 0 Å². The van der Waals surface area contributed by atoms with Crippen LogP contribution in [0.25, 0.3) is 32.7 Å². The third-order valence-corrected chi connectivity index (χ3v) is 6.75. The van der Waals surface area contributed by atoms with Gasteiger partial charge in [-0.2, -0.15) is 16.8 Å². The van der Waals surface area contributed by atoms with Crippen LogP contribution in [0.3, 0.4) is 0 Å². The largest absolute Gasteiger partial charge is 0.504 e. The van der Waals surface area contributed by atoms with E-state index in [0.717, 1.165) is 36.4 Å². The summed E-state index contributed by atoms with van der Waals surface area (Å²) in [6.45, 7) is 1.17. The molecule has 0 aromatic heterocycles. The Bertz CT molecular complexity index is 1720. The number of esters is 1. The van der Waals surface area contributed by atoms with Gasteiger partial charge in [0.05, 0.1) is 9.79 Å². The summed E-state index contributed by atoms with van der Waals surface area (Å²) in [6, 6.07) is 10.8. The summed E-state index contributed by atoms with van der Waals surface area (Å²) in [4.78, 5) is 10.6. The number of ether oxygens (including phenoxy) is 1. The van der Waals surface area contributed by atoms with Crippen LogP contribution < -0.4 is 4.74 Å². The van der Waals surface area contributed by atoms with Gasteiger partial charge >= 0.3 is 5.97 Å². The van der Waals surface area contributed by atoms with Crippen molar-refractivity contribution >= 4 is 47.8 Å². The predicted octanol–water partition coefficient (Wildman–Crippen LogP) is 3.49. The molecule has 4 aromatic carbocycles. The summed E-state index contributed by atoms with van der Waals surface area (Å²) in [5, 5.41) is 20.9. The molecule has 0 aliphatic carbocycles. The van der Waals surface area contributed by atoms with Gasteiger partial charge in [0.1, 0.15) is 5.75 Å². The van der Waals surface area contributed by atoms with Gasteiger partial charge < -0.3 is 14.9 Å². The van der Waals surface area contributed by atoms with Crippen molar-refractivity contribution in [3.05, 3.63) is 54.6 Å². The molecule has 0 saturated carbocycles. The average molecular weight is 504 g/mol. The highest BCUT2D eigenvalue weighted by atomic mass is 32.2. The van der Waals surface area contributed by atoms with Gasteiger partial charge in [-0.15, -0.1) is 0 Å². The molecule has 0 bridgehead atoms. The molecule has 34 heavy (non-hydrogen) atoms. The van der Waals surface area contributed by atoms with E-state index < -0.39 is 47.5 Å². The maximum absolute atomic E-state index is 11.9. The lowest BCUT2D eigenvalue weighted by Gasteiger charge is -2.15. The van der Waals surface area contributed by atoms with E-state index in [1.54, 1.807) is 0 Å². The van der Waals surface area contributed by atoms with Crippen molar-refractivity contribution in [3.63, 3.8) is 0 Å². The van der Waals surface area contributed by atoms with Gasteiger partial charge in [0.2, 0.25) is 0 Å². The molecule has 0 atom stereocenters. The Morgan fingerprint density at radius 1 is 0.706 bits per heavy atom. The van der Waals surface area contributed by atoms with Crippen LogP contribution in [0.2, 0.25) is 0 Å². The molecule has 4 aromatic rings. The normalized spacial score (nSPS) is 12.2. The minimum atomic E-state index is -4.73. The van der Waals surface area contributed by atoms with Crippen molar-refractivity contribution < 1.29 is 45.7 Å². The van der Waals surface area contributed by atoms with E-state index in [2.05, 4.69) is 0 Å². The first-order valence-electron chi connectivity index (χ1n) is 9.45. The van der Waals surface area contributed by atoms with E-state index in [4.69, 9.17) is 4.74 Å². The zero-order chi connectivity index (χ0) is 25.0. The third kappa shape index (κ3) is 4.39. The van der Waals surface area contributed by atoms with Crippen LogP contribution in [0, 0.1) is 0 Å². The lowest BCUT2D eigenvalue weighted by molar-refractivity contribution is -0.131. The molecule has 10 nitrogen and oxygen atoms in total. The molecule has 4 N–H and O–H groups in total. The molecular weight excluding hydrogens is 488 g/mol. The lowest BCUT2D eigenvalue weighted by Crippen LogP contribution is -2.03. The Labute approximate surface area is 193 Å². The topological polar surface area (TPSA) is 176 Å². The Morgan fingerprint density at radius 2 is 1.29 bits per heavy atom. The smallest absolute Gasteiger partial charge is 0.308 e. The van der Waals surface area contributed by atoms with Gasteiger partial charge in [-0.3, -0.25) is 13.9 Å². The molecule has 0 saturated heterocycles. The molecular formula is C22H16O10S2. The summed E-state index contributed by atoms with van der Waals surface area (Å²) in [6.07, 6.45) is 0. The van der Waals surface area contributed by atoms with Crippen molar-refractivity contribution in [1.82, 2.24) is 0 Å². The van der Waals surface area contributed by atoms with Gasteiger partial charge in [-0.1, -0.05) is 6.07 Å². The molecule has 0 aliphatic rings. The molecule has 0 radical (unpaired) electrons. The summed E-state index contributed by atoms with van der Waals surface area (Å²) in [7, 11) is -9.33. The number of phenolic OH excluding ortho intramolecular Hbond substituents is 2. The molecule has 0 heterocycles. The summed E-state index contributed by atoms with van der Waals surface area (Å²) in [5.41, 5.74) is 0.242. The van der Waals surface area contributed by atoms with E-state index in [9.17, 15) is 40.9 Å². The summed E-state index contributed by atoms with van der Waals surface area (Å²) in [5.74, 6) is -1.67. The number of carbonyl (C=O) groups is 1. The molecule has 12 heteroatoms. The number of rotatable bonds is 4. The Hall–Kier alpha value is -3.71. The molecule has 0 spiro atoms. The van der Waals surface area contributed by atoms with E-state index >= 15 is 0 Å². The van der Waals surface area contributed by atoms with Crippen LogP contribution in [0.5, 0.6) is 17.2 Å². The standard InChI is InChI=1S/C22H16O10S2/c1-11(23)32-14-4-12-2-3-15(33(26,27)28)8-17(12)19(7-14)20-9-16(34(29,30)31)5-13-6-21(24)22(25)10-18(13)20/h2-10,24-25H,1H3,(H,26,27,28)(H,29,30,31). The van der Waals surface area contributed by atoms with Crippen LogP contribution >= 0.6 is 0 Å². The molecule has 4 rings (SSSR count). The highest BCUT2D eigenvalue weighted by Gasteiger charge is 2.20. The van der Waals surface area contributed by atoms with Gasteiger partial charge in [-0.25, -0.2) is 0 Å². The van der Waals surface area contributed by atoms with Crippen molar-refractivity contribution in [2.75, 3.05) is 0 Å². The predicted molar refractivity (Wildman–Crippen MR) is 121 cm³/mol. The number of phenols is 2. The fraction of sp³-hybridized carbons (Fsp3) is 0.0455. The summed E-state index contributed by atoms with van der Waals surface area (Å²) >= 11 is 0. The molecule has 0 amide bonds. The van der Waals surface area contributed by atoms with Gasteiger partial charge in [0, 0.05) is 6.92 Å². The zero-order valence-electron chi connectivity index (χ0n) is 17.3. The number of benzene rings is 4. The lowest BCUT2D eigenvalue weighted by atomic mass is 9.93. The van der Waals surface area contributed by atoms with Crippen LogP contribution in [0.15, 0.2) is 64.4 Å². The Morgan fingerprint density at radius 3 is 1.91 bits per heavy atom. The second-order valence-corrected chi connectivity index (χ2v) is 10.3. The fourth-order valence-corrected chi connectivity index (χ4v) is 4.70. The van der Waals surface area contributed by atoms with Crippen molar-refractivity contribution in [2.24, 2.45) is 0 Å². The minimum Gasteiger partial charge on any atom is -0.504 e. The van der Waals surface area contributed by atoms with Crippen LogP contribution in [-0.2, 0) is 25.0 Å². The first-order valence-corrected chi connectivity index (χ1v) is 12.3. The molecule has 0 unspecified atom stereocenters. The fourth-order valence-electron chi connectivity index (χ4n) is 3.65. The van der Waals surface area contributed by atoms with E-state index in [1.165, 1.54) is 25.1 Å². The van der Waals surface area contributed by atoms with Gasteiger partial charge in [0.15, 0.2) is 11.5 Å². The Kier molecular flexibility index (Phi) is 5.49. The van der Waals surface area contributed by atoms with Crippen molar-refractivity contribution in [2.45, 2.75) is 16.7 Å². The number of aromatic hydroxyl groups is 2. The second-order valence-electron chi connectivity index (χ2n) is 7.43. The Balaban J connectivity index is 2.21. The zero-order valence-corrected chi connectivity index (χ0v) is 18.9. The van der Waals surface area contributed by atoms with Crippen molar-refractivity contribution in [1.29, 1.82) is 0 Å². The van der Waals surface area contributed by atoms with Crippen LogP contribution in [-0.4, -0.2) is 42.1 Å². The highest BCUT2D eigenvalue weighted by molar-refractivity contribution is 7.86. The summed E-state index contributed by atoms with van der Waals surface area (Å²) < 4.78 is 71.7. The monoisotopic (exact) mass is 504 g/mol. The first-order chi connectivity index (χ1) is 15.7. The minimum absolute atomic E-state index is 0.0445. The number of fused-ring (bicyclic) bond motifs is 2. The second kappa shape index (κ2) is 7.95. The SMILES string of the molecule is CC(=O)Oc1cc(-c2cc(S(=O)(=O)O)cc3cc(O)c(O)cc23)c2cc(S(=O)(=O)O)ccc2c1. The number of hydrogen-bond donors (Lipinski definition) is 4.